The van der Waals surface area contributed by atoms with E-state index in [9.17, 15) is 18.3 Å². The normalized spacial score (nSPS) is 26.1. The zero-order valence-corrected chi connectivity index (χ0v) is 10.0. The molecule has 0 spiro atoms. The molecule has 1 aromatic carbocycles. The molecular weight excluding hydrogens is 245 g/mol. The van der Waals surface area contributed by atoms with Crippen LogP contribution in [0, 0.1) is 17.5 Å². The molecule has 1 fully saturated rings. The molecule has 0 saturated carbocycles. The molecule has 1 aliphatic rings. The van der Waals surface area contributed by atoms with Gasteiger partial charge in [0, 0.05) is 12.2 Å². The first kappa shape index (κ1) is 13.4. The Morgan fingerprint density at radius 2 is 1.94 bits per heavy atom. The standard InChI is InChI=1S/C13H15F3O2/c1-13(6-2-3-7-18-13)12(17)8-4-5-9(14)11(16)10(8)15/h4-5,12,17H,2-3,6-7H2,1H3. The third kappa shape index (κ3) is 2.24. The minimum Gasteiger partial charge on any atom is -0.385 e. The van der Waals surface area contributed by atoms with Crippen molar-refractivity contribution in [3.05, 3.63) is 35.1 Å². The molecule has 2 unspecified atom stereocenters. The summed E-state index contributed by atoms with van der Waals surface area (Å²) in [5.41, 5.74) is -1.22. The number of halogens is 3. The number of aliphatic hydroxyl groups excluding tert-OH is 1. The van der Waals surface area contributed by atoms with E-state index in [1.165, 1.54) is 0 Å². The maximum absolute atomic E-state index is 13.6. The number of aliphatic hydroxyl groups is 1. The monoisotopic (exact) mass is 260 g/mol. The quantitative estimate of drug-likeness (QED) is 0.828. The Labute approximate surface area is 103 Å². The summed E-state index contributed by atoms with van der Waals surface area (Å²) >= 11 is 0. The molecule has 2 nitrogen and oxygen atoms in total. The van der Waals surface area contributed by atoms with E-state index in [-0.39, 0.29) is 5.56 Å². The Morgan fingerprint density at radius 1 is 1.22 bits per heavy atom. The molecule has 0 aliphatic carbocycles. The number of rotatable bonds is 2. The first-order valence-electron chi connectivity index (χ1n) is 5.91. The van der Waals surface area contributed by atoms with E-state index < -0.39 is 29.2 Å². The van der Waals surface area contributed by atoms with Gasteiger partial charge in [-0.2, -0.15) is 0 Å². The zero-order valence-electron chi connectivity index (χ0n) is 10.0. The van der Waals surface area contributed by atoms with Crippen LogP contribution in [-0.2, 0) is 4.74 Å². The lowest BCUT2D eigenvalue weighted by Gasteiger charge is -2.38. The van der Waals surface area contributed by atoms with Gasteiger partial charge in [0.05, 0.1) is 5.60 Å². The van der Waals surface area contributed by atoms with Crippen molar-refractivity contribution in [2.75, 3.05) is 6.61 Å². The Balaban J connectivity index is 2.33. The van der Waals surface area contributed by atoms with Gasteiger partial charge in [0.2, 0.25) is 0 Å². The van der Waals surface area contributed by atoms with E-state index >= 15 is 0 Å². The minimum absolute atomic E-state index is 0.265. The van der Waals surface area contributed by atoms with Crippen molar-refractivity contribution >= 4 is 0 Å². The third-order valence-corrected chi connectivity index (χ3v) is 3.44. The van der Waals surface area contributed by atoms with Crippen LogP contribution in [0.5, 0.6) is 0 Å². The fourth-order valence-electron chi connectivity index (χ4n) is 2.25. The van der Waals surface area contributed by atoms with Crippen molar-refractivity contribution in [2.24, 2.45) is 0 Å². The molecule has 1 aliphatic heterocycles. The van der Waals surface area contributed by atoms with Crippen LogP contribution in [0.15, 0.2) is 12.1 Å². The molecule has 18 heavy (non-hydrogen) atoms. The highest BCUT2D eigenvalue weighted by molar-refractivity contribution is 5.24. The second kappa shape index (κ2) is 4.90. The van der Waals surface area contributed by atoms with Gasteiger partial charge in [0.25, 0.3) is 0 Å². The predicted octanol–water partition coefficient (Wildman–Crippen LogP) is 3.10. The van der Waals surface area contributed by atoms with Crippen LogP contribution in [0.2, 0.25) is 0 Å². The van der Waals surface area contributed by atoms with E-state index in [0.29, 0.717) is 13.0 Å². The summed E-state index contributed by atoms with van der Waals surface area (Å²) in [6, 6.07) is 1.87. The molecule has 0 amide bonds. The Hall–Kier alpha value is -1.07. The van der Waals surface area contributed by atoms with Crippen LogP contribution < -0.4 is 0 Å². The van der Waals surface area contributed by atoms with Crippen molar-refractivity contribution in [1.29, 1.82) is 0 Å². The van der Waals surface area contributed by atoms with Crippen LogP contribution >= 0.6 is 0 Å². The van der Waals surface area contributed by atoms with Gasteiger partial charge in [0.1, 0.15) is 6.10 Å². The highest BCUT2D eigenvalue weighted by atomic mass is 19.2. The van der Waals surface area contributed by atoms with Crippen molar-refractivity contribution in [3.63, 3.8) is 0 Å². The van der Waals surface area contributed by atoms with Crippen LogP contribution in [0.25, 0.3) is 0 Å². The van der Waals surface area contributed by atoms with Crippen LogP contribution in [0.4, 0.5) is 13.2 Å². The van der Waals surface area contributed by atoms with Crippen LogP contribution in [0.1, 0.15) is 37.9 Å². The molecule has 0 aromatic heterocycles. The summed E-state index contributed by atoms with van der Waals surface area (Å²) < 4.78 is 45.1. The number of hydrogen-bond acceptors (Lipinski definition) is 2. The smallest absolute Gasteiger partial charge is 0.194 e. The molecule has 1 heterocycles. The molecule has 2 atom stereocenters. The van der Waals surface area contributed by atoms with E-state index in [1.807, 2.05) is 0 Å². The lowest BCUT2D eigenvalue weighted by Crippen LogP contribution is -2.39. The van der Waals surface area contributed by atoms with Gasteiger partial charge in [0.15, 0.2) is 17.5 Å². The summed E-state index contributed by atoms with van der Waals surface area (Å²) in [6.07, 6.45) is 0.960. The van der Waals surface area contributed by atoms with E-state index in [2.05, 4.69) is 0 Å². The molecule has 2 rings (SSSR count). The van der Waals surface area contributed by atoms with Crippen LogP contribution in [-0.4, -0.2) is 17.3 Å². The molecule has 1 N–H and O–H groups in total. The lowest BCUT2D eigenvalue weighted by molar-refractivity contribution is -0.139. The first-order valence-corrected chi connectivity index (χ1v) is 5.91. The van der Waals surface area contributed by atoms with E-state index in [1.54, 1.807) is 6.92 Å². The molecule has 1 saturated heterocycles. The third-order valence-electron chi connectivity index (χ3n) is 3.44. The van der Waals surface area contributed by atoms with Gasteiger partial charge in [-0.15, -0.1) is 0 Å². The first-order chi connectivity index (χ1) is 8.46. The summed E-state index contributed by atoms with van der Waals surface area (Å²) in [6.45, 7) is 2.12. The van der Waals surface area contributed by atoms with Crippen molar-refractivity contribution in [1.82, 2.24) is 0 Å². The Kier molecular flexibility index (Phi) is 3.64. The SMILES string of the molecule is CC1(C(O)c2ccc(F)c(F)c2F)CCCCO1. The average molecular weight is 260 g/mol. The molecular formula is C13H15F3O2. The van der Waals surface area contributed by atoms with E-state index in [0.717, 1.165) is 25.0 Å². The summed E-state index contributed by atoms with van der Waals surface area (Å²) in [4.78, 5) is 0. The van der Waals surface area contributed by atoms with Crippen LogP contribution in [0.3, 0.4) is 0 Å². The van der Waals surface area contributed by atoms with Gasteiger partial charge >= 0.3 is 0 Å². The van der Waals surface area contributed by atoms with Gasteiger partial charge in [-0.1, -0.05) is 6.07 Å². The molecule has 100 valence electrons. The second-order valence-electron chi connectivity index (χ2n) is 4.79. The zero-order chi connectivity index (χ0) is 13.3. The van der Waals surface area contributed by atoms with E-state index in [4.69, 9.17) is 4.74 Å². The topological polar surface area (TPSA) is 29.5 Å². The number of hydrogen-bond donors (Lipinski definition) is 1. The summed E-state index contributed by atoms with van der Waals surface area (Å²) in [7, 11) is 0. The van der Waals surface area contributed by atoms with Crippen molar-refractivity contribution in [2.45, 2.75) is 37.9 Å². The van der Waals surface area contributed by atoms with Gasteiger partial charge in [-0.25, -0.2) is 13.2 Å². The lowest BCUT2D eigenvalue weighted by atomic mass is 9.86. The molecule has 0 radical (unpaired) electrons. The Morgan fingerprint density at radius 3 is 2.56 bits per heavy atom. The van der Waals surface area contributed by atoms with Crippen molar-refractivity contribution in [3.8, 4) is 0 Å². The molecule has 0 bridgehead atoms. The summed E-state index contributed by atoms with van der Waals surface area (Å²) in [5.74, 6) is -4.18. The number of benzene rings is 1. The highest BCUT2D eigenvalue weighted by Crippen LogP contribution is 2.37. The molecule has 5 heteroatoms. The van der Waals surface area contributed by atoms with Gasteiger partial charge < -0.3 is 9.84 Å². The highest BCUT2D eigenvalue weighted by Gasteiger charge is 2.38. The maximum Gasteiger partial charge on any atom is 0.194 e. The van der Waals surface area contributed by atoms with Gasteiger partial charge in [-0.05, 0) is 32.3 Å². The van der Waals surface area contributed by atoms with Crippen molar-refractivity contribution < 1.29 is 23.0 Å². The predicted molar refractivity (Wildman–Crippen MR) is 59.5 cm³/mol. The average Bonchev–Trinajstić information content (AvgIpc) is 2.36. The van der Waals surface area contributed by atoms with Gasteiger partial charge in [-0.3, -0.25) is 0 Å². The summed E-state index contributed by atoms with van der Waals surface area (Å²) in [5, 5.41) is 10.1. The number of ether oxygens (including phenoxy) is 1. The largest absolute Gasteiger partial charge is 0.385 e. The maximum atomic E-state index is 13.6. The fourth-order valence-corrected chi connectivity index (χ4v) is 2.25. The fraction of sp³-hybridized carbons (Fsp3) is 0.538. The minimum atomic E-state index is -1.56. The molecule has 1 aromatic rings. The Bertz CT molecular complexity index is 442. The second-order valence-corrected chi connectivity index (χ2v) is 4.79.